The molecule has 0 atom stereocenters. The van der Waals surface area contributed by atoms with Gasteiger partial charge < -0.3 is 20.1 Å². The first-order valence-corrected chi connectivity index (χ1v) is 13.2. The van der Waals surface area contributed by atoms with Crippen LogP contribution >= 0.6 is 0 Å². The van der Waals surface area contributed by atoms with Gasteiger partial charge >= 0.3 is 5.97 Å². The third-order valence-electron chi connectivity index (χ3n) is 6.73. The molecule has 2 heterocycles. The highest BCUT2D eigenvalue weighted by molar-refractivity contribution is 6.06. The number of hydrogen-bond acceptors (Lipinski definition) is 7. The number of benzene rings is 3. The number of amides is 1. The number of nitrogens with two attached hydrogens (primary N) is 1. The lowest BCUT2D eigenvalue weighted by Crippen LogP contribution is -2.27. The number of esters is 1. The predicted molar refractivity (Wildman–Crippen MR) is 149 cm³/mol. The summed E-state index contributed by atoms with van der Waals surface area (Å²) in [7, 11) is 0. The normalized spacial score (nSPS) is 13.0. The van der Waals surface area contributed by atoms with E-state index in [0.29, 0.717) is 35.1 Å². The number of halogens is 2. The number of hydrogen-bond donors (Lipinski definition) is 1. The molecular weight excluding hydrogens is 530 g/mol. The Morgan fingerprint density at radius 3 is 2.34 bits per heavy atom. The van der Waals surface area contributed by atoms with E-state index in [4.69, 9.17) is 15.2 Å². The van der Waals surface area contributed by atoms with Crippen LogP contribution in [-0.2, 0) is 34.0 Å². The van der Waals surface area contributed by atoms with E-state index in [1.807, 2.05) is 45.0 Å². The number of ether oxygens (including phenoxy) is 2. The van der Waals surface area contributed by atoms with E-state index in [1.54, 1.807) is 23.1 Å². The molecular formula is C31H30F2N4O4. The van der Waals surface area contributed by atoms with Crippen LogP contribution in [0.2, 0.25) is 0 Å². The van der Waals surface area contributed by atoms with Gasteiger partial charge in [-0.05, 0) is 67.3 Å². The molecule has 0 spiro atoms. The van der Waals surface area contributed by atoms with Crippen LogP contribution < -0.4 is 5.73 Å². The third-order valence-corrected chi connectivity index (χ3v) is 6.73. The average molecular weight is 561 g/mol. The van der Waals surface area contributed by atoms with E-state index >= 15 is 0 Å². The molecule has 0 unspecified atom stereocenters. The number of anilines is 1. The summed E-state index contributed by atoms with van der Waals surface area (Å²) >= 11 is 0. The van der Waals surface area contributed by atoms with Crippen molar-refractivity contribution >= 4 is 28.7 Å². The lowest BCUT2D eigenvalue weighted by atomic mass is 9.97. The van der Waals surface area contributed by atoms with Gasteiger partial charge in [-0.1, -0.05) is 30.3 Å². The Hall–Kier alpha value is -4.44. The summed E-state index contributed by atoms with van der Waals surface area (Å²) in [6, 6.07) is 14.8. The zero-order chi connectivity index (χ0) is 29.3. The average Bonchev–Trinajstić information content (AvgIpc) is 3.36. The van der Waals surface area contributed by atoms with Crippen molar-refractivity contribution in [1.29, 1.82) is 0 Å². The first-order valence-electron chi connectivity index (χ1n) is 13.2. The molecule has 0 saturated carbocycles. The van der Waals surface area contributed by atoms with Crippen molar-refractivity contribution in [3.8, 4) is 11.1 Å². The predicted octanol–water partition coefficient (Wildman–Crippen LogP) is 5.56. The Balaban J connectivity index is 1.45. The fourth-order valence-corrected chi connectivity index (χ4v) is 4.75. The molecule has 5 rings (SSSR count). The van der Waals surface area contributed by atoms with Crippen molar-refractivity contribution in [3.05, 3.63) is 88.6 Å². The maximum atomic E-state index is 14.4. The fourth-order valence-electron chi connectivity index (χ4n) is 4.75. The first-order chi connectivity index (χ1) is 19.5. The summed E-state index contributed by atoms with van der Waals surface area (Å²) in [5, 5.41) is 0.407. The number of carbonyl (C=O) groups excluding carboxylic acids is 2. The van der Waals surface area contributed by atoms with Gasteiger partial charge in [-0.15, -0.1) is 0 Å². The van der Waals surface area contributed by atoms with Crippen molar-refractivity contribution in [1.82, 2.24) is 14.9 Å². The highest BCUT2D eigenvalue weighted by Crippen LogP contribution is 2.32. The van der Waals surface area contributed by atoms with Crippen molar-refractivity contribution in [2.45, 2.75) is 52.5 Å². The SMILES string of the molecule is CC(C)(C)OCCC(=O)OCc1cc(F)c(F)cc1-c1ccc2nc(N)nc(C(=O)N3Cc4ccccc4C3)c2c1. The van der Waals surface area contributed by atoms with Gasteiger partial charge in [-0.25, -0.2) is 18.7 Å². The van der Waals surface area contributed by atoms with Crippen LogP contribution in [-0.4, -0.2) is 39.0 Å². The molecule has 2 N–H and O–H groups in total. The number of nitrogens with zero attached hydrogens (tertiary/aromatic N) is 3. The molecule has 1 aliphatic heterocycles. The zero-order valence-corrected chi connectivity index (χ0v) is 23.0. The van der Waals surface area contributed by atoms with Crippen LogP contribution in [0, 0.1) is 11.6 Å². The molecule has 41 heavy (non-hydrogen) atoms. The number of fused-ring (bicyclic) bond motifs is 2. The smallest absolute Gasteiger partial charge is 0.308 e. The molecule has 212 valence electrons. The molecule has 0 radical (unpaired) electrons. The highest BCUT2D eigenvalue weighted by atomic mass is 19.2. The van der Waals surface area contributed by atoms with Gasteiger partial charge in [0, 0.05) is 24.0 Å². The topological polar surface area (TPSA) is 108 Å². The van der Waals surface area contributed by atoms with E-state index in [9.17, 15) is 18.4 Å². The maximum absolute atomic E-state index is 14.4. The molecule has 3 aromatic carbocycles. The summed E-state index contributed by atoms with van der Waals surface area (Å²) in [6.07, 6.45) is 0.0108. The maximum Gasteiger partial charge on any atom is 0.308 e. The minimum Gasteiger partial charge on any atom is -0.461 e. The minimum absolute atomic E-state index is 0.0108. The summed E-state index contributed by atoms with van der Waals surface area (Å²) in [5.41, 5.74) is 9.20. The minimum atomic E-state index is -1.07. The van der Waals surface area contributed by atoms with E-state index in [0.717, 1.165) is 23.3 Å². The van der Waals surface area contributed by atoms with E-state index in [2.05, 4.69) is 9.97 Å². The Kier molecular flexibility index (Phi) is 7.68. The van der Waals surface area contributed by atoms with Crippen LogP contribution in [0.25, 0.3) is 22.0 Å². The molecule has 1 aliphatic rings. The molecule has 1 amide bonds. The Morgan fingerprint density at radius 1 is 0.976 bits per heavy atom. The van der Waals surface area contributed by atoms with E-state index < -0.39 is 23.2 Å². The van der Waals surface area contributed by atoms with Crippen LogP contribution in [0.15, 0.2) is 54.6 Å². The molecule has 1 aromatic heterocycles. The van der Waals surface area contributed by atoms with Crippen molar-refractivity contribution in [3.63, 3.8) is 0 Å². The summed E-state index contributed by atoms with van der Waals surface area (Å²) < 4.78 is 39.6. The first kappa shape index (κ1) is 28.1. The lowest BCUT2D eigenvalue weighted by Gasteiger charge is -2.19. The monoisotopic (exact) mass is 560 g/mol. The van der Waals surface area contributed by atoms with Gasteiger partial charge in [0.2, 0.25) is 5.95 Å². The lowest BCUT2D eigenvalue weighted by molar-refractivity contribution is -0.147. The van der Waals surface area contributed by atoms with Crippen molar-refractivity contribution < 1.29 is 27.8 Å². The largest absolute Gasteiger partial charge is 0.461 e. The van der Waals surface area contributed by atoms with Crippen LogP contribution in [0.3, 0.4) is 0 Å². The van der Waals surface area contributed by atoms with Gasteiger partial charge in [0.15, 0.2) is 11.6 Å². The number of rotatable bonds is 7. The second kappa shape index (κ2) is 11.2. The van der Waals surface area contributed by atoms with E-state index in [1.165, 1.54) is 0 Å². The van der Waals surface area contributed by atoms with Crippen LogP contribution in [0.4, 0.5) is 14.7 Å². The van der Waals surface area contributed by atoms with Gasteiger partial charge in [0.25, 0.3) is 5.91 Å². The van der Waals surface area contributed by atoms with Gasteiger partial charge in [-0.2, -0.15) is 0 Å². The second-order valence-corrected chi connectivity index (χ2v) is 10.9. The summed E-state index contributed by atoms with van der Waals surface area (Å²) in [6.45, 7) is 6.36. The van der Waals surface area contributed by atoms with Crippen molar-refractivity contribution in [2.75, 3.05) is 12.3 Å². The highest BCUT2D eigenvalue weighted by Gasteiger charge is 2.27. The number of carbonyl (C=O) groups is 2. The van der Waals surface area contributed by atoms with Crippen LogP contribution in [0.1, 0.15) is 54.4 Å². The third kappa shape index (κ3) is 6.33. The quantitative estimate of drug-likeness (QED) is 0.295. The Morgan fingerprint density at radius 2 is 1.66 bits per heavy atom. The number of aromatic nitrogens is 2. The summed E-state index contributed by atoms with van der Waals surface area (Å²) in [4.78, 5) is 36.1. The molecule has 0 aliphatic carbocycles. The molecule has 10 heteroatoms. The zero-order valence-electron chi connectivity index (χ0n) is 23.0. The van der Waals surface area contributed by atoms with Gasteiger partial charge in [0.1, 0.15) is 12.3 Å². The second-order valence-electron chi connectivity index (χ2n) is 10.9. The molecule has 0 bridgehead atoms. The summed E-state index contributed by atoms with van der Waals surface area (Å²) in [5.74, 6) is -3.05. The Bertz CT molecular complexity index is 1630. The van der Waals surface area contributed by atoms with Crippen LogP contribution in [0.5, 0.6) is 0 Å². The van der Waals surface area contributed by atoms with Gasteiger partial charge in [-0.3, -0.25) is 9.59 Å². The van der Waals surface area contributed by atoms with Crippen molar-refractivity contribution in [2.24, 2.45) is 0 Å². The van der Waals surface area contributed by atoms with E-state index in [-0.39, 0.29) is 42.7 Å². The molecule has 0 fully saturated rings. The Labute approximate surface area is 236 Å². The fraction of sp³-hybridized carbons (Fsp3) is 0.290. The molecule has 4 aromatic rings. The molecule has 8 nitrogen and oxygen atoms in total. The van der Waals surface area contributed by atoms with Gasteiger partial charge in [0.05, 0.1) is 24.1 Å². The number of nitrogen functional groups attached to an aromatic ring is 1. The molecule has 0 saturated heterocycles. The standard InChI is InChI=1S/C31H30F2N4O4/c1-31(2,3)41-11-10-27(38)40-17-21-13-24(32)25(33)14-22(21)18-8-9-26-23(12-18)28(36-30(34)35-26)29(39)37-15-19-6-4-5-7-20(19)16-37/h4-9,12-14H,10-11,15-17H2,1-3H3,(H2,34,35,36).